The topological polar surface area (TPSA) is 28.2 Å². The molecular weight excluding hydrogens is 242 g/mol. The van der Waals surface area contributed by atoms with Crippen molar-refractivity contribution in [2.45, 2.75) is 20.0 Å². The number of para-hydroxylation sites is 1. The Balaban J connectivity index is 2.06. The van der Waals surface area contributed by atoms with E-state index in [2.05, 4.69) is 51.8 Å². The molecule has 18 heavy (non-hydrogen) atoms. The summed E-state index contributed by atoms with van der Waals surface area (Å²) in [5, 5.41) is 6.43. The molecule has 0 spiro atoms. The summed E-state index contributed by atoms with van der Waals surface area (Å²) in [5.74, 6) is 0. The van der Waals surface area contributed by atoms with Crippen LogP contribution >= 0.6 is 11.3 Å². The number of nitrogens with zero attached hydrogens (tertiary/aromatic N) is 2. The molecule has 0 saturated carbocycles. The third kappa shape index (κ3) is 3.31. The second-order valence-corrected chi connectivity index (χ2v) is 5.06. The molecule has 0 amide bonds. The van der Waals surface area contributed by atoms with E-state index in [-0.39, 0.29) is 0 Å². The predicted octanol–water partition coefficient (Wildman–Crippen LogP) is 2.89. The fourth-order valence-corrected chi connectivity index (χ4v) is 2.67. The Morgan fingerprint density at radius 2 is 2.06 bits per heavy atom. The Morgan fingerprint density at radius 3 is 2.72 bits per heavy atom. The maximum Gasteiger partial charge on any atom is 0.107 e. The molecule has 1 N–H and O–H groups in total. The first-order valence-electron chi connectivity index (χ1n) is 6.21. The maximum atomic E-state index is 4.63. The Morgan fingerprint density at radius 1 is 1.28 bits per heavy atom. The molecule has 0 radical (unpaired) electrons. The molecule has 0 saturated heterocycles. The highest BCUT2D eigenvalue weighted by atomic mass is 32.1. The minimum Gasteiger partial charge on any atom is -0.366 e. The molecular formula is C14H19N3S. The lowest BCUT2D eigenvalue weighted by molar-refractivity contribution is 0.782. The van der Waals surface area contributed by atoms with E-state index in [9.17, 15) is 0 Å². The van der Waals surface area contributed by atoms with Crippen molar-refractivity contribution in [2.24, 2.45) is 0 Å². The Bertz CT molecular complexity index is 467. The van der Waals surface area contributed by atoms with Crippen molar-refractivity contribution in [1.29, 1.82) is 0 Å². The molecule has 0 aliphatic carbocycles. The standard InChI is InChI=1S/C14H19N3S/c1-3-17(13-7-5-4-6-8-13)10-12-11-18-14(16-12)9-15-2/h4-8,11,15H,3,9-10H2,1-2H3. The van der Waals surface area contributed by atoms with Crippen LogP contribution in [0.3, 0.4) is 0 Å². The lowest BCUT2D eigenvalue weighted by Crippen LogP contribution is -2.22. The number of thiazole rings is 1. The molecule has 2 rings (SSSR count). The molecule has 0 aliphatic rings. The van der Waals surface area contributed by atoms with Gasteiger partial charge in [0.25, 0.3) is 0 Å². The first-order chi connectivity index (χ1) is 8.83. The molecule has 0 aliphatic heterocycles. The van der Waals surface area contributed by atoms with Gasteiger partial charge in [0, 0.05) is 24.2 Å². The Kier molecular flexibility index (Phi) is 4.73. The van der Waals surface area contributed by atoms with Crippen molar-refractivity contribution in [3.63, 3.8) is 0 Å². The number of hydrogen-bond acceptors (Lipinski definition) is 4. The van der Waals surface area contributed by atoms with Gasteiger partial charge in [0.05, 0.1) is 12.2 Å². The first-order valence-corrected chi connectivity index (χ1v) is 7.09. The molecule has 3 nitrogen and oxygen atoms in total. The minimum atomic E-state index is 0.849. The fraction of sp³-hybridized carbons (Fsp3) is 0.357. The summed E-state index contributed by atoms with van der Waals surface area (Å²) in [6, 6.07) is 10.5. The molecule has 2 aromatic rings. The molecule has 1 heterocycles. The van der Waals surface area contributed by atoms with E-state index in [1.807, 2.05) is 13.1 Å². The van der Waals surface area contributed by atoms with Gasteiger partial charge in [-0.1, -0.05) is 18.2 Å². The average molecular weight is 261 g/mol. The van der Waals surface area contributed by atoms with Crippen molar-refractivity contribution < 1.29 is 0 Å². The first kappa shape index (κ1) is 13.1. The van der Waals surface area contributed by atoms with Crippen molar-refractivity contribution in [3.05, 3.63) is 46.4 Å². The van der Waals surface area contributed by atoms with Crippen molar-refractivity contribution in [1.82, 2.24) is 10.3 Å². The highest BCUT2D eigenvalue weighted by Gasteiger charge is 2.07. The van der Waals surface area contributed by atoms with Gasteiger partial charge in [-0.3, -0.25) is 0 Å². The molecule has 1 aromatic heterocycles. The zero-order valence-corrected chi connectivity index (χ0v) is 11.7. The van der Waals surface area contributed by atoms with Gasteiger partial charge in [-0.15, -0.1) is 11.3 Å². The highest BCUT2D eigenvalue weighted by Crippen LogP contribution is 2.17. The highest BCUT2D eigenvalue weighted by molar-refractivity contribution is 7.09. The van der Waals surface area contributed by atoms with Gasteiger partial charge in [0.15, 0.2) is 0 Å². The number of anilines is 1. The summed E-state index contributed by atoms with van der Waals surface area (Å²) >= 11 is 1.72. The summed E-state index contributed by atoms with van der Waals surface area (Å²) < 4.78 is 0. The molecule has 0 fully saturated rings. The quantitative estimate of drug-likeness (QED) is 0.866. The third-order valence-electron chi connectivity index (χ3n) is 2.78. The van der Waals surface area contributed by atoms with Gasteiger partial charge in [-0.2, -0.15) is 0 Å². The van der Waals surface area contributed by atoms with E-state index in [1.165, 1.54) is 5.69 Å². The summed E-state index contributed by atoms with van der Waals surface area (Å²) in [6.45, 7) is 4.89. The fourth-order valence-electron chi connectivity index (χ4n) is 1.87. The van der Waals surface area contributed by atoms with Gasteiger partial charge < -0.3 is 10.2 Å². The monoisotopic (exact) mass is 261 g/mol. The number of aromatic nitrogens is 1. The Labute approximate surface area is 112 Å². The number of nitrogens with one attached hydrogen (secondary N) is 1. The number of benzene rings is 1. The van der Waals surface area contributed by atoms with Crippen molar-refractivity contribution >= 4 is 17.0 Å². The number of rotatable bonds is 6. The van der Waals surface area contributed by atoms with Crippen LogP contribution in [-0.2, 0) is 13.1 Å². The normalized spacial score (nSPS) is 10.6. The molecule has 0 unspecified atom stereocenters. The summed E-state index contributed by atoms with van der Waals surface area (Å²) in [4.78, 5) is 6.96. The Hall–Kier alpha value is -1.39. The summed E-state index contributed by atoms with van der Waals surface area (Å²) in [7, 11) is 1.95. The van der Waals surface area contributed by atoms with Crippen LogP contribution in [0.5, 0.6) is 0 Å². The maximum absolute atomic E-state index is 4.63. The molecule has 4 heteroatoms. The van der Waals surface area contributed by atoms with E-state index in [4.69, 9.17) is 0 Å². The van der Waals surface area contributed by atoms with Crippen LogP contribution in [0.1, 0.15) is 17.6 Å². The number of hydrogen-bond donors (Lipinski definition) is 1. The van der Waals surface area contributed by atoms with E-state index < -0.39 is 0 Å². The van der Waals surface area contributed by atoms with E-state index in [1.54, 1.807) is 11.3 Å². The molecule has 96 valence electrons. The second-order valence-electron chi connectivity index (χ2n) is 4.11. The summed E-state index contributed by atoms with van der Waals surface area (Å²) in [6.07, 6.45) is 0. The van der Waals surface area contributed by atoms with Crippen LogP contribution in [0, 0.1) is 0 Å². The zero-order chi connectivity index (χ0) is 12.8. The van der Waals surface area contributed by atoms with Crippen LogP contribution < -0.4 is 10.2 Å². The van der Waals surface area contributed by atoms with Crippen LogP contribution in [0.2, 0.25) is 0 Å². The second kappa shape index (κ2) is 6.52. The van der Waals surface area contributed by atoms with Crippen LogP contribution in [-0.4, -0.2) is 18.6 Å². The van der Waals surface area contributed by atoms with Crippen LogP contribution in [0.15, 0.2) is 35.7 Å². The largest absolute Gasteiger partial charge is 0.366 e. The van der Waals surface area contributed by atoms with E-state index >= 15 is 0 Å². The summed E-state index contributed by atoms with van der Waals surface area (Å²) in [5.41, 5.74) is 2.40. The molecule has 0 atom stereocenters. The van der Waals surface area contributed by atoms with Crippen molar-refractivity contribution in [2.75, 3.05) is 18.5 Å². The third-order valence-corrected chi connectivity index (χ3v) is 3.68. The molecule has 1 aromatic carbocycles. The SMILES string of the molecule is CCN(Cc1csc(CNC)n1)c1ccccc1. The van der Waals surface area contributed by atoms with Gasteiger partial charge in [-0.25, -0.2) is 4.98 Å². The van der Waals surface area contributed by atoms with Crippen LogP contribution in [0.25, 0.3) is 0 Å². The van der Waals surface area contributed by atoms with Gasteiger partial charge >= 0.3 is 0 Å². The van der Waals surface area contributed by atoms with Gasteiger partial charge in [0.2, 0.25) is 0 Å². The minimum absolute atomic E-state index is 0.849. The lowest BCUT2D eigenvalue weighted by atomic mass is 10.2. The average Bonchev–Trinajstić information content (AvgIpc) is 2.85. The predicted molar refractivity (Wildman–Crippen MR) is 78.0 cm³/mol. The van der Waals surface area contributed by atoms with E-state index in [0.29, 0.717) is 0 Å². The lowest BCUT2D eigenvalue weighted by Gasteiger charge is -2.21. The van der Waals surface area contributed by atoms with Crippen molar-refractivity contribution in [3.8, 4) is 0 Å². The van der Waals surface area contributed by atoms with E-state index in [0.717, 1.165) is 30.3 Å². The van der Waals surface area contributed by atoms with Gasteiger partial charge in [0.1, 0.15) is 5.01 Å². The van der Waals surface area contributed by atoms with Crippen LogP contribution in [0.4, 0.5) is 5.69 Å². The van der Waals surface area contributed by atoms with Gasteiger partial charge in [-0.05, 0) is 26.1 Å². The molecule has 0 bridgehead atoms. The zero-order valence-electron chi connectivity index (χ0n) is 10.9. The smallest absolute Gasteiger partial charge is 0.107 e.